The Morgan fingerprint density at radius 3 is 1.40 bits per heavy atom. The van der Waals surface area contributed by atoms with Crippen molar-refractivity contribution in [1.82, 2.24) is 9.80 Å². The van der Waals surface area contributed by atoms with Crippen molar-refractivity contribution >= 4 is 80.6 Å². The largest absolute Gasteiger partial charge is 0.291 e. The summed E-state index contributed by atoms with van der Waals surface area (Å²) in [6.45, 7) is 0.615. The Morgan fingerprint density at radius 1 is 0.667 bits per heavy atom. The van der Waals surface area contributed by atoms with Gasteiger partial charge in [0, 0.05) is 13.1 Å². The number of carbonyl (C=O) groups excluding carboxylic acids is 2. The van der Waals surface area contributed by atoms with Gasteiger partial charge in [0.05, 0.1) is 9.81 Å². The number of hydrogen-bond donors (Lipinski definition) is 0. The fourth-order valence-electron chi connectivity index (χ4n) is 2.99. The average Bonchev–Trinajstić information content (AvgIpc) is 3.16. The normalized spacial score (nSPS) is 19.6. The van der Waals surface area contributed by atoms with Crippen molar-refractivity contribution in [3.05, 3.63) is 81.6 Å². The molecule has 0 radical (unpaired) electrons. The second-order valence-electron chi connectivity index (χ2n) is 6.49. The maximum Gasteiger partial charge on any atom is 0.266 e. The van der Waals surface area contributed by atoms with Crippen LogP contribution in [0.1, 0.15) is 11.1 Å². The van der Waals surface area contributed by atoms with E-state index in [9.17, 15) is 9.59 Å². The molecule has 0 spiro atoms. The Kier molecular flexibility index (Phi) is 6.48. The van der Waals surface area contributed by atoms with Gasteiger partial charge in [0.2, 0.25) is 0 Å². The van der Waals surface area contributed by atoms with E-state index in [4.69, 9.17) is 24.4 Å². The quantitative estimate of drug-likeness (QED) is 0.464. The highest BCUT2D eigenvalue weighted by atomic mass is 32.2. The number of nitrogens with zero attached hydrogens (tertiary/aromatic N) is 2. The van der Waals surface area contributed by atoms with Crippen LogP contribution in [0.2, 0.25) is 0 Å². The van der Waals surface area contributed by atoms with E-state index in [-0.39, 0.29) is 11.8 Å². The minimum atomic E-state index is -0.140. The van der Waals surface area contributed by atoms with Crippen molar-refractivity contribution in [2.45, 2.75) is 0 Å². The zero-order valence-corrected chi connectivity index (χ0v) is 19.0. The number of hydrogen-bond acceptors (Lipinski definition) is 6. The number of carbonyl (C=O) groups is 2. The van der Waals surface area contributed by atoms with Gasteiger partial charge in [-0.15, -0.1) is 0 Å². The highest BCUT2D eigenvalue weighted by molar-refractivity contribution is 8.27. The lowest BCUT2D eigenvalue weighted by molar-refractivity contribution is -0.125. The molecule has 2 amide bonds. The van der Waals surface area contributed by atoms with E-state index in [1.807, 2.05) is 72.8 Å². The molecule has 0 atom stereocenters. The van der Waals surface area contributed by atoms with E-state index >= 15 is 0 Å². The second kappa shape index (κ2) is 9.26. The molecule has 150 valence electrons. The summed E-state index contributed by atoms with van der Waals surface area (Å²) in [4.78, 5) is 29.8. The van der Waals surface area contributed by atoms with Crippen LogP contribution in [-0.4, -0.2) is 43.3 Å². The van der Waals surface area contributed by atoms with Crippen LogP contribution in [0, 0.1) is 0 Å². The standard InChI is InChI=1S/C22H16N2O2S4/c25-19-17(13-15-7-3-1-4-8-15)29-21(27)23(19)11-12-24-20(26)18(30-22(24)28)14-16-9-5-2-6-10-16/h1-10,13-14H,11-12H2/b17-13-,18-14+. The summed E-state index contributed by atoms with van der Waals surface area (Å²) < 4.78 is 0.986. The molecule has 2 aromatic rings. The van der Waals surface area contributed by atoms with Crippen LogP contribution in [0.25, 0.3) is 12.2 Å². The van der Waals surface area contributed by atoms with E-state index in [0.29, 0.717) is 31.5 Å². The predicted octanol–water partition coefficient (Wildman–Crippen LogP) is 4.79. The summed E-state index contributed by atoms with van der Waals surface area (Å²) in [5, 5.41) is 0. The van der Waals surface area contributed by atoms with Crippen LogP contribution in [0.4, 0.5) is 0 Å². The Morgan fingerprint density at radius 2 is 1.03 bits per heavy atom. The lowest BCUT2D eigenvalue weighted by Gasteiger charge is -2.19. The van der Waals surface area contributed by atoms with Crippen LogP contribution in [-0.2, 0) is 9.59 Å². The maximum atomic E-state index is 12.8. The van der Waals surface area contributed by atoms with Gasteiger partial charge < -0.3 is 0 Å². The molecule has 2 aromatic carbocycles. The Bertz CT molecular complexity index is 993. The number of thiocarbonyl (C=S) groups is 2. The predicted molar refractivity (Wildman–Crippen MR) is 133 cm³/mol. The van der Waals surface area contributed by atoms with Gasteiger partial charge in [0.15, 0.2) is 0 Å². The topological polar surface area (TPSA) is 40.6 Å². The summed E-state index contributed by atoms with van der Waals surface area (Å²) in [7, 11) is 0. The molecule has 2 aliphatic rings. The molecule has 2 heterocycles. The summed E-state index contributed by atoms with van der Waals surface area (Å²) in [6, 6.07) is 19.3. The highest BCUT2D eigenvalue weighted by Gasteiger charge is 2.36. The molecule has 0 saturated carbocycles. The SMILES string of the molecule is O=C1/C(=C/c2ccccc2)SC(=S)N1CCN1C(=O)/C(=C\c2ccccc2)SC1=S. The van der Waals surface area contributed by atoms with E-state index < -0.39 is 0 Å². The lowest BCUT2D eigenvalue weighted by atomic mass is 10.2. The first-order chi connectivity index (χ1) is 14.5. The van der Waals surface area contributed by atoms with Crippen molar-refractivity contribution in [3.63, 3.8) is 0 Å². The lowest BCUT2D eigenvalue weighted by Crippen LogP contribution is -2.39. The van der Waals surface area contributed by atoms with Crippen LogP contribution in [0.5, 0.6) is 0 Å². The second-order valence-corrected chi connectivity index (χ2v) is 9.84. The van der Waals surface area contributed by atoms with Crippen molar-refractivity contribution in [3.8, 4) is 0 Å². The number of amides is 2. The molecule has 2 aliphatic heterocycles. The van der Waals surface area contributed by atoms with Crippen LogP contribution < -0.4 is 0 Å². The van der Waals surface area contributed by atoms with Crippen molar-refractivity contribution in [2.24, 2.45) is 0 Å². The van der Waals surface area contributed by atoms with Gasteiger partial charge >= 0.3 is 0 Å². The Hall–Kier alpha value is -2.26. The molecule has 0 bridgehead atoms. The molecule has 0 aliphatic carbocycles. The van der Waals surface area contributed by atoms with Gasteiger partial charge in [-0.05, 0) is 23.3 Å². The molecule has 30 heavy (non-hydrogen) atoms. The molecule has 4 rings (SSSR count). The third kappa shape index (κ3) is 4.57. The van der Waals surface area contributed by atoms with Gasteiger partial charge in [-0.1, -0.05) is 109 Å². The Labute approximate surface area is 194 Å². The first kappa shape index (κ1) is 21.0. The maximum absolute atomic E-state index is 12.8. The molecule has 0 unspecified atom stereocenters. The van der Waals surface area contributed by atoms with Gasteiger partial charge in [0.1, 0.15) is 8.64 Å². The average molecular weight is 469 g/mol. The molecule has 2 fully saturated rings. The van der Waals surface area contributed by atoms with Crippen molar-refractivity contribution in [2.75, 3.05) is 13.1 Å². The molecular formula is C22H16N2O2S4. The number of benzene rings is 2. The van der Waals surface area contributed by atoms with Crippen LogP contribution in [0.15, 0.2) is 70.5 Å². The van der Waals surface area contributed by atoms with Crippen LogP contribution in [0.3, 0.4) is 0 Å². The minimum absolute atomic E-state index is 0.140. The summed E-state index contributed by atoms with van der Waals surface area (Å²) >= 11 is 13.3. The van der Waals surface area contributed by atoms with E-state index in [1.54, 1.807) is 0 Å². The molecule has 0 aromatic heterocycles. The van der Waals surface area contributed by atoms with E-state index in [1.165, 1.54) is 33.3 Å². The van der Waals surface area contributed by atoms with Gasteiger partial charge in [-0.2, -0.15) is 0 Å². The third-order valence-corrected chi connectivity index (χ3v) is 7.24. The molecule has 8 heteroatoms. The zero-order valence-electron chi connectivity index (χ0n) is 15.7. The fraction of sp³-hybridized carbons (Fsp3) is 0.0909. The number of thioether (sulfide) groups is 2. The van der Waals surface area contributed by atoms with Crippen LogP contribution >= 0.6 is 48.0 Å². The minimum Gasteiger partial charge on any atom is -0.291 e. The molecule has 0 N–H and O–H groups in total. The molecule has 2 saturated heterocycles. The monoisotopic (exact) mass is 468 g/mol. The van der Waals surface area contributed by atoms with Gasteiger partial charge in [-0.3, -0.25) is 19.4 Å². The zero-order chi connectivity index (χ0) is 21.1. The highest BCUT2D eigenvalue weighted by Crippen LogP contribution is 2.34. The third-order valence-electron chi connectivity index (χ3n) is 4.49. The number of rotatable bonds is 5. The van der Waals surface area contributed by atoms with Gasteiger partial charge in [0.25, 0.3) is 11.8 Å². The first-order valence-electron chi connectivity index (χ1n) is 9.14. The molecule has 4 nitrogen and oxygen atoms in total. The summed E-state index contributed by atoms with van der Waals surface area (Å²) in [6.07, 6.45) is 3.67. The smallest absolute Gasteiger partial charge is 0.266 e. The first-order valence-corrected chi connectivity index (χ1v) is 11.6. The van der Waals surface area contributed by atoms with E-state index in [2.05, 4.69) is 0 Å². The van der Waals surface area contributed by atoms with E-state index in [0.717, 1.165) is 11.1 Å². The summed E-state index contributed by atoms with van der Waals surface area (Å²) in [5.41, 5.74) is 1.89. The summed E-state index contributed by atoms with van der Waals surface area (Å²) in [5.74, 6) is -0.279. The van der Waals surface area contributed by atoms with Crippen molar-refractivity contribution < 1.29 is 9.59 Å². The molecular weight excluding hydrogens is 453 g/mol. The fourth-order valence-corrected chi connectivity index (χ4v) is 5.60. The Balaban J connectivity index is 1.43. The van der Waals surface area contributed by atoms with Gasteiger partial charge in [-0.25, -0.2) is 0 Å². The van der Waals surface area contributed by atoms with Crippen molar-refractivity contribution in [1.29, 1.82) is 0 Å².